The summed E-state index contributed by atoms with van der Waals surface area (Å²) in [5.41, 5.74) is 7.95. The standard InChI is InChI=1S/C26H28N4O2S/c1-15-8-7-9-16(2)23(15)28-25(31)24-18(4)27-26(33-24)30-19(5)22(17(3)29-30)14-20-10-12-21(32-6)13-11-20/h7-13H,14H2,1-6H3,(H,28,31). The highest BCUT2D eigenvalue weighted by molar-refractivity contribution is 7.16. The van der Waals surface area contributed by atoms with Crippen LogP contribution in [0.5, 0.6) is 5.75 Å². The molecule has 7 heteroatoms. The van der Waals surface area contributed by atoms with E-state index in [1.165, 1.54) is 16.9 Å². The van der Waals surface area contributed by atoms with E-state index in [-0.39, 0.29) is 5.91 Å². The highest BCUT2D eigenvalue weighted by atomic mass is 32.1. The molecule has 0 saturated heterocycles. The molecular formula is C26H28N4O2S. The Labute approximate surface area is 198 Å². The second-order valence-corrected chi connectivity index (χ2v) is 9.20. The normalized spacial score (nSPS) is 11.0. The first kappa shape index (κ1) is 22.7. The van der Waals surface area contributed by atoms with Crippen molar-refractivity contribution in [2.45, 2.75) is 41.0 Å². The fourth-order valence-electron chi connectivity index (χ4n) is 3.93. The van der Waals surface area contributed by atoms with E-state index >= 15 is 0 Å². The summed E-state index contributed by atoms with van der Waals surface area (Å²) in [4.78, 5) is 18.3. The van der Waals surface area contributed by atoms with E-state index in [1.807, 2.05) is 69.6 Å². The summed E-state index contributed by atoms with van der Waals surface area (Å²) < 4.78 is 7.10. The molecule has 2 aromatic heterocycles. The van der Waals surface area contributed by atoms with Crippen molar-refractivity contribution >= 4 is 22.9 Å². The molecule has 0 unspecified atom stereocenters. The van der Waals surface area contributed by atoms with Gasteiger partial charge in [0.1, 0.15) is 10.6 Å². The molecule has 0 saturated carbocycles. The fourth-order valence-corrected chi connectivity index (χ4v) is 4.90. The van der Waals surface area contributed by atoms with Crippen molar-refractivity contribution in [3.05, 3.63) is 86.7 Å². The molecule has 6 nitrogen and oxygen atoms in total. The lowest BCUT2D eigenvalue weighted by atomic mass is 10.0. The Kier molecular flexibility index (Phi) is 6.33. The molecule has 0 fully saturated rings. The summed E-state index contributed by atoms with van der Waals surface area (Å²) in [7, 11) is 1.67. The molecule has 1 amide bonds. The molecule has 4 aromatic rings. The van der Waals surface area contributed by atoms with Gasteiger partial charge in [0.2, 0.25) is 5.13 Å². The van der Waals surface area contributed by atoms with Crippen LogP contribution in [-0.2, 0) is 6.42 Å². The average Bonchev–Trinajstić information content (AvgIpc) is 3.31. The van der Waals surface area contributed by atoms with E-state index in [1.54, 1.807) is 7.11 Å². The van der Waals surface area contributed by atoms with Crippen LogP contribution >= 0.6 is 11.3 Å². The molecule has 0 bridgehead atoms. The van der Waals surface area contributed by atoms with Gasteiger partial charge in [0.25, 0.3) is 5.91 Å². The Morgan fingerprint density at radius 3 is 2.30 bits per heavy atom. The lowest BCUT2D eigenvalue weighted by molar-refractivity contribution is 0.102. The number of thiazole rings is 1. The zero-order chi connectivity index (χ0) is 23.7. The molecule has 1 N–H and O–H groups in total. The number of benzene rings is 2. The minimum Gasteiger partial charge on any atom is -0.497 e. The maximum Gasteiger partial charge on any atom is 0.267 e. The number of nitrogens with zero attached hydrogens (tertiary/aromatic N) is 3. The van der Waals surface area contributed by atoms with Gasteiger partial charge < -0.3 is 10.1 Å². The van der Waals surface area contributed by atoms with Crippen LogP contribution in [0.3, 0.4) is 0 Å². The van der Waals surface area contributed by atoms with E-state index in [0.29, 0.717) is 15.7 Å². The molecule has 0 radical (unpaired) electrons. The van der Waals surface area contributed by atoms with E-state index in [4.69, 9.17) is 9.84 Å². The van der Waals surface area contributed by atoms with E-state index in [2.05, 4.69) is 22.4 Å². The van der Waals surface area contributed by atoms with Crippen LogP contribution in [0.4, 0.5) is 5.69 Å². The predicted octanol–water partition coefficient (Wildman–Crippen LogP) is 5.72. The Hall–Kier alpha value is -3.45. The zero-order valence-corrected chi connectivity index (χ0v) is 20.6. The van der Waals surface area contributed by atoms with Crippen molar-refractivity contribution in [3.8, 4) is 10.9 Å². The van der Waals surface area contributed by atoms with Gasteiger partial charge >= 0.3 is 0 Å². The van der Waals surface area contributed by atoms with Gasteiger partial charge in [-0.05, 0) is 63.4 Å². The number of methoxy groups -OCH3 is 1. The number of carbonyl (C=O) groups excluding carboxylic acids is 1. The Morgan fingerprint density at radius 1 is 1.00 bits per heavy atom. The number of carbonyl (C=O) groups is 1. The van der Waals surface area contributed by atoms with Crippen LogP contribution in [0, 0.1) is 34.6 Å². The molecule has 170 valence electrons. The summed E-state index contributed by atoms with van der Waals surface area (Å²) >= 11 is 1.36. The minimum absolute atomic E-state index is 0.145. The Morgan fingerprint density at radius 2 is 1.67 bits per heavy atom. The molecule has 0 spiro atoms. The van der Waals surface area contributed by atoms with E-state index in [0.717, 1.165) is 45.9 Å². The van der Waals surface area contributed by atoms with E-state index < -0.39 is 0 Å². The third kappa shape index (κ3) is 4.54. The second-order valence-electron chi connectivity index (χ2n) is 8.22. The van der Waals surface area contributed by atoms with Gasteiger partial charge in [-0.3, -0.25) is 4.79 Å². The maximum absolute atomic E-state index is 13.1. The fraction of sp³-hybridized carbons (Fsp3) is 0.269. The van der Waals surface area contributed by atoms with Crippen LogP contribution in [0.25, 0.3) is 5.13 Å². The molecule has 2 aromatic carbocycles. The number of amides is 1. The van der Waals surface area contributed by atoms with Gasteiger partial charge in [-0.2, -0.15) is 5.10 Å². The number of nitrogens with one attached hydrogen (secondary N) is 1. The monoisotopic (exact) mass is 460 g/mol. The lowest BCUT2D eigenvalue weighted by Crippen LogP contribution is -2.13. The average molecular weight is 461 g/mol. The van der Waals surface area contributed by atoms with Crippen LogP contribution in [0.1, 0.15) is 49.0 Å². The summed E-state index contributed by atoms with van der Waals surface area (Å²) in [6, 6.07) is 14.0. The summed E-state index contributed by atoms with van der Waals surface area (Å²) in [6.45, 7) is 9.91. The summed E-state index contributed by atoms with van der Waals surface area (Å²) in [6.07, 6.45) is 0.770. The van der Waals surface area contributed by atoms with Crippen molar-refractivity contribution < 1.29 is 9.53 Å². The SMILES string of the molecule is COc1ccc(Cc2c(C)nn(-c3nc(C)c(C(=O)Nc4c(C)cccc4C)s3)c2C)cc1. The summed E-state index contributed by atoms with van der Waals surface area (Å²) in [5, 5.41) is 8.50. The van der Waals surface area contributed by atoms with Gasteiger partial charge in [0.05, 0.1) is 18.5 Å². The van der Waals surface area contributed by atoms with Gasteiger partial charge in [0, 0.05) is 23.4 Å². The smallest absolute Gasteiger partial charge is 0.267 e. The highest BCUT2D eigenvalue weighted by Crippen LogP contribution is 2.28. The van der Waals surface area contributed by atoms with E-state index in [9.17, 15) is 4.79 Å². The second kappa shape index (κ2) is 9.19. The van der Waals surface area contributed by atoms with Crippen molar-refractivity contribution in [1.29, 1.82) is 0 Å². The third-order valence-electron chi connectivity index (χ3n) is 5.87. The van der Waals surface area contributed by atoms with Crippen molar-refractivity contribution in [1.82, 2.24) is 14.8 Å². The van der Waals surface area contributed by atoms with Crippen LogP contribution in [0.2, 0.25) is 0 Å². The van der Waals surface area contributed by atoms with Crippen molar-refractivity contribution in [3.63, 3.8) is 0 Å². The lowest BCUT2D eigenvalue weighted by Gasteiger charge is -2.10. The maximum atomic E-state index is 13.1. The number of anilines is 1. The molecule has 4 rings (SSSR count). The minimum atomic E-state index is -0.145. The van der Waals surface area contributed by atoms with Crippen molar-refractivity contribution in [2.24, 2.45) is 0 Å². The van der Waals surface area contributed by atoms with Crippen LogP contribution in [0.15, 0.2) is 42.5 Å². The largest absolute Gasteiger partial charge is 0.497 e. The highest BCUT2D eigenvalue weighted by Gasteiger charge is 2.21. The topological polar surface area (TPSA) is 69.0 Å². The van der Waals surface area contributed by atoms with Gasteiger partial charge in [0.15, 0.2) is 0 Å². The number of hydrogen-bond acceptors (Lipinski definition) is 5. The number of rotatable bonds is 6. The number of ether oxygens (including phenoxy) is 1. The Bertz CT molecular complexity index is 1300. The molecule has 33 heavy (non-hydrogen) atoms. The van der Waals surface area contributed by atoms with Crippen molar-refractivity contribution in [2.75, 3.05) is 12.4 Å². The van der Waals surface area contributed by atoms with Gasteiger partial charge in [-0.15, -0.1) is 0 Å². The molecule has 0 atom stereocenters. The number of para-hydroxylation sites is 1. The molecule has 2 heterocycles. The first-order valence-corrected chi connectivity index (χ1v) is 11.6. The van der Waals surface area contributed by atoms with Crippen LogP contribution < -0.4 is 10.1 Å². The first-order chi connectivity index (χ1) is 15.8. The number of aromatic nitrogens is 3. The van der Waals surface area contributed by atoms with Gasteiger partial charge in [-0.1, -0.05) is 41.7 Å². The van der Waals surface area contributed by atoms with Gasteiger partial charge in [-0.25, -0.2) is 9.67 Å². The molecule has 0 aliphatic heterocycles. The number of hydrogen-bond donors (Lipinski definition) is 1. The van der Waals surface area contributed by atoms with Crippen LogP contribution in [-0.4, -0.2) is 27.8 Å². The molecular weight excluding hydrogens is 432 g/mol. The molecule has 0 aliphatic carbocycles. The summed E-state index contributed by atoms with van der Waals surface area (Å²) in [5.74, 6) is 0.696. The third-order valence-corrected chi connectivity index (χ3v) is 7.01. The first-order valence-electron chi connectivity index (χ1n) is 10.8. The quantitative estimate of drug-likeness (QED) is 0.399. The number of aryl methyl sites for hydroxylation is 4. The molecule has 0 aliphatic rings. The predicted molar refractivity (Wildman–Crippen MR) is 133 cm³/mol. The Balaban J connectivity index is 1.61. The zero-order valence-electron chi connectivity index (χ0n) is 19.8.